The highest BCUT2D eigenvalue weighted by molar-refractivity contribution is 7.99. The summed E-state index contributed by atoms with van der Waals surface area (Å²) in [6, 6.07) is 11.8. The Morgan fingerprint density at radius 3 is 2.86 bits per heavy atom. The van der Waals surface area contributed by atoms with Gasteiger partial charge in [-0.3, -0.25) is 14.7 Å². The van der Waals surface area contributed by atoms with Gasteiger partial charge < -0.3 is 10.2 Å². The second-order valence-corrected chi connectivity index (χ2v) is 8.68. The van der Waals surface area contributed by atoms with Crippen molar-refractivity contribution in [3.63, 3.8) is 0 Å². The summed E-state index contributed by atoms with van der Waals surface area (Å²) in [5.41, 5.74) is 1.91. The lowest BCUT2D eigenvalue weighted by Crippen LogP contribution is -2.25. The molecule has 0 aliphatic carbocycles. The number of carbonyl (C=O) groups is 2. The zero-order valence-corrected chi connectivity index (χ0v) is 17.4. The normalized spacial score (nSPS) is 13.8. The van der Waals surface area contributed by atoms with Crippen LogP contribution in [0.2, 0.25) is 0 Å². The first kappa shape index (κ1) is 19.7. The van der Waals surface area contributed by atoms with E-state index < -0.39 is 0 Å². The number of H-pyrrole nitrogens is 1. The fourth-order valence-corrected chi connectivity index (χ4v) is 4.45. The molecule has 1 aromatic carbocycles. The van der Waals surface area contributed by atoms with Gasteiger partial charge in [-0.25, -0.2) is 4.98 Å². The Bertz CT molecular complexity index is 969. The molecule has 2 aromatic heterocycles. The van der Waals surface area contributed by atoms with E-state index in [1.807, 2.05) is 40.6 Å². The zero-order chi connectivity index (χ0) is 20.1. The predicted molar refractivity (Wildman–Crippen MR) is 114 cm³/mol. The highest BCUT2D eigenvalue weighted by atomic mass is 32.2. The Morgan fingerprint density at radius 2 is 2.14 bits per heavy atom. The summed E-state index contributed by atoms with van der Waals surface area (Å²) in [7, 11) is 0. The number of anilines is 1. The Balaban J connectivity index is 1.21. The van der Waals surface area contributed by atoms with Gasteiger partial charge in [0.1, 0.15) is 5.82 Å². The van der Waals surface area contributed by atoms with E-state index in [1.54, 1.807) is 11.3 Å². The highest BCUT2D eigenvalue weighted by Crippen LogP contribution is 2.21. The first-order chi connectivity index (χ1) is 14.2. The Kier molecular flexibility index (Phi) is 6.26. The van der Waals surface area contributed by atoms with Crippen molar-refractivity contribution in [3.05, 3.63) is 58.0 Å². The lowest BCUT2D eigenvalue weighted by atomic mass is 10.2. The van der Waals surface area contributed by atoms with Crippen LogP contribution in [-0.2, 0) is 22.6 Å². The maximum absolute atomic E-state index is 12.1. The third-order valence-electron chi connectivity index (χ3n) is 4.58. The summed E-state index contributed by atoms with van der Waals surface area (Å²) in [4.78, 5) is 31.4. The van der Waals surface area contributed by atoms with E-state index in [-0.39, 0.29) is 17.6 Å². The van der Waals surface area contributed by atoms with Crippen molar-refractivity contribution in [1.82, 2.24) is 20.5 Å². The van der Waals surface area contributed by atoms with Gasteiger partial charge in [-0.1, -0.05) is 30.0 Å². The second-order valence-electron chi connectivity index (χ2n) is 6.70. The van der Waals surface area contributed by atoms with Crippen LogP contribution >= 0.6 is 23.1 Å². The molecule has 1 fully saturated rings. The van der Waals surface area contributed by atoms with Gasteiger partial charge in [0, 0.05) is 36.5 Å². The van der Waals surface area contributed by atoms with Crippen LogP contribution in [0.5, 0.6) is 0 Å². The van der Waals surface area contributed by atoms with Crippen LogP contribution in [-0.4, -0.2) is 39.3 Å². The fraction of sp³-hybridized carbons (Fsp3) is 0.300. The lowest BCUT2D eigenvalue weighted by molar-refractivity contribution is -0.119. The average molecular weight is 428 g/mol. The molecule has 0 unspecified atom stereocenters. The van der Waals surface area contributed by atoms with Gasteiger partial charge in [-0.05, 0) is 35.6 Å². The molecular weight excluding hydrogens is 406 g/mol. The number of hydrogen-bond acceptors (Lipinski definition) is 6. The van der Waals surface area contributed by atoms with Crippen LogP contribution in [0.1, 0.15) is 29.1 Å². The van der Waals surface area contributed by atoms with E-state index in [1.165, 1.54) is 16.6 Å². The molecule has 7 nitrogen and oxygen atoms in total. The fourth-order valence-electron chi connectivity index (χ4n) is 3.10. The quantitative estimate of drug-likeness (QED) is 0.539. The molecule has 1 aliphatic rings. The summed E-state index contributed by atoms with van der Waals surface area (Å²) < 4.78 is 0. The first-order valence-corrected chi connectivity index (χ1v) is 11.3. The Labute approximate surface area is 176 Å². The third-order valence-corrected chi connectivity index (χ3v) is 6.30. The molecule has 0 atom stereocenters. The van der Waals surface area contributed by atoms with Crippen molar-refractivity contribution >= 4 is 40.6 Å². The van der Waals surface area contributed by atoms with Gasteiger partial charge >= 0.3 is 0 Å². The van der Waals surface area contributed by atoms with Crippen LogP contribution in [0.15, 0.2) is 46.9 Å². The molecule has 1 aliphatic heterocycles. The number of benzene rings is 1. The van der Waals surface area contributed by atoms with Gasteiger partial charge in [0.2, 0.25) is 17.0 Å². The molecule has 0 bridgehead atoms. The van der Waals surface area contributed by atoms with Crippen molar-refractivity contribution in [2.75, 3.05) is 17.2 Å². The van der Waals surface area contributed by atoms with E-state index >= 15 is 0 Å². The first-order valence-electron chi connectivity index (χ1n) is 9.40. The smallest absolute Gasteiger partial charge is 0.230 e. The van der Waals surface area contributed by atoms with E-state index in [2.05, 4.69) is 26.6 Å². The maximum Gasteiger partial charge on any atom is 0.230 e. The highest BCUT2D eigenvalue weighted by Gasteiger charge is 2.21. The van der Waals surface area contributed by atoms with E-state index in [4.69, 9.17) is 0 Å². The molecule has 3 heterocycles. The number of nitrogens with one attached hydrogen (secondary N) is 2. The summed E-state index contributed by atoms with van der Waals surface area (Å²) >= 11 is 2.99. The van der Waals surface area contributed by atoms with Crippen molar-refractivity contribution < 1.29 is 9.59 Å². The monoisotopic (exact) mass is 427 g/mol. The minimum Gasteiger partial charge on any atom is -0.351 e. The van der Waals surface area contributed by atoms with Crippen LogP contribution in [0, 0.1) is 0 Å². The van der Waals surface area contributed by atoms with Crippen molar-refractivity contribution in [3.8, 4) is 0 Å². The van der Waals surface area contributed by atoms with Gasteiger partial charge in [-0.2, -0.15) is 0 Å². The maximum atomic E-state index is 12.1. The average Bonchev–Trinajstić information content (AvgIpc) is 3.48. The van der Waals surface area contributed by atoms with Gasteiger partial charge in [0.25, 0.3) is 0 Å². The van der Waals surface area contributed by atoms with Gasteiger partial charge in [-0.15, -0.1) is 16.4 Å². The number of rotatable bonds is 8. The van der Waals surface area contributed by atoms with Crippen LogP contribution in [0.25, 0.3) is 0 Å². The van der Waals surface area contributed by atoms with Crippen LogP contribution in [0.4, 0.5) is 5.69 Å². The minimum absolute atomic E-state index is 0.0709. The topological polar surface area (TPSA) is 91.0 Å². The predicted octanol–water partition coefficient (Wildman–Crippen LogP) is 2.99. The number of aromatic amines is 1. The lowest BCUT2D eigenvalue weighted by Gasteiger charge is -2.16. The SMILES string of the molecule is O=C(CSc1n[nH]c(Cc2cccs2)n1)NCc1ccc(N2CCCC2=O)cc1. The minimum atomic E-state index is -0.0709. The molecule has 2 N–H and O–H groups in total. The molecule has 9 heteroatoms. The molecule has 4 rings (SSSR count). The van der Waals surface area contributed by atoms with Gasteiger partial charge in [0.05, 0.1) is 5.75 Å². The molecule has 1 saturated heterocycles. The summed E-state index contributed by atoms with van der Waals surface area (Å²) in [5.74, 6) is 1.16. The van der Waals surface area contributed by atoms with Gasteiger partial charge in [0.15, 0.2) is 0 Å². The molecule has 29 heavy (non-hydrogen) atoms. The van der Waals surface area contributed by atoms with Crippen molar-refractivity contribution in [2.24, 2.45) is 0 Å². The summed E-state index contributed by atoms with van der Waals surface area (Å²) in [6.45, 7) is 1.23. The largest absolute Gasteiger partial charge is 0.351 e. The number of thioether (sulfide) groups is 1. The Hall–Kier alpha value is -2.65. The third kappa shape index (κ3) is 5.24. The van der Waals surface area contributed by atoms with E-state index in [9.17, 15) is 9.59 Å². The zero-order valence-electron chi connectivity index (χ0n) is 15.8. The van der Waals surface area contributed by atoms with Crippen molar-refractivity contribution in [2.45, 2.75) is 31.0 Å². The van der Waals surface area contributed by atoms with Crippen molar-refractivity contribution in [1.29, 1.82) is 0 Å². The van der Waals surface area contributed by atoms with E-state index in [0.29, 0.717) is 18.1 Å². The number of aromatic nitrogens is 3. The summed E-state index contributed by atoms with van der Waals surface area (Å²) in [5, 5.41) is 12.6. The molecule has 0 spiro atoms. The standard InChI is InChI=1S/C20H21N5O2S2/c26-18(13-29-20-22-17(23-24-20)11-16-3-2-10-28-16)21-12-14-5-7-15(8-6-14)25-9-1-4-19(25)27/h2-3,5-8,10H,1,4,9,11-13H2,(H,21,26)(H,22,23,24). The number of carbonyl (C=O) groups excluding carboxylic acids is 2. The number of nitrogens with zero attached hydrogens (tertiary/aromatic N) is 3. The van der Waals surface area contributed by atoms with Crippen LogP contribution < -0.4 is 10.2 Å². The van der Waals surface area contributed by atoms with Crippen LogP contribution in [0.3, 0.4) is 0 Å². The molecular formula is C20H21N5O2S2. The molecule has 0 saturated carbocycles. The number of hydrogen-bond donors (Lipinski definition) is 2. The molecule has 150 valence electrons. The molecule has 2 amide bonds. The van der Waals surface area contributed by atoms with E-state index in [0.717, 1.165) is 36.5 Å². The summed E-state index contributed by atoms with van der Waals surface area (Å²) in [6.07, 6.45) is 2.25. The number of thiophene rings is 1. The molecule has 3 aromatic rings. The second kappa shape index (κ2) is 9.23. The molecule has 0 radical (unpaired) electrons. The Morgan fingerprint density at radius 1 is 1.28 bits per heavy atom. The number of amides is 2.